The third-order valence-corrected chi connectivity index (χ3v) is 4.25. The van der Waals surface area contributed by atoms with E-state index in [9.17, 15) is 22.0 Å². The first-order valence-electron chi connectivity index (χ1n) is 8.34. The Kier molecular flexibility index (Phi) is 4.13. The van der Waals surface area contributed by atoms with Crippen LogP contribution in [0.25, 0.3) is 21.9 Å². The second kappa shape index (κ2) is 6.39. The van der Waals surface area contributed by atoms with Crippen LogP contribution in [0.3, 0.4) is 0 Å². The predicted molar refractivity (Wildman–Crippen MR) is 96.1 cm³/mol. The summed E-state index contributed by atoms with van der Waals surface area (Å²) in [6.45, 7) is 2.29. The fraction of sp³-hybridized carbons (Fsp3) is 0.167. The minimum Gasteiger partial charge on any atom is -0.357 e. The molecule has 2 heterocycles. The molecule has 0 aliphatic rings. The summed E-state index contributed by atoms with van der Waals surface area (Å²) in [4.78, 5) is 6.93. The highest BCUT2D eigenvalue weighted by Gasteiger charge is 2.31. The highest BCUT2D eigenvalue weighted by atomic mass is 19.4. The van der Waals surface area contributed by atoms with E-state index in [1.165, 1.54) is 16.9 Å². The number of benzene rings is 2. The zero-order valence-electron chi connectivity index (χ0n) is 14.5. The number of aromatic nitrogens is 3. The maximum absolute atomic E-state index is 13.9. The van der Waals surface area contributed by atoms with Gasteiger partial charge in [0.2, 0.25) is 5.95 Å². The fourth-order valence-electron chi connectivity index (χ4n) is 3.04. The lowest BCUT2D eigenvalue weighted by atomic mass is 10.2. The summed E-state index contributed by atoms with van der Waals surface area (Å²) in [5.41, 5.74) is 3.16. The van der Waals surface area contributed by atoms with Crippen LogP contribution < -0.4 is 10.7 Å². The number of fused-ring (bicyclic) bond motifs is 2. The minimum absolute atomic E-state index is 0.106. The lowest BCUT2D eigenvalue weighted by Gasteiger charge is -2.11. The molecule has 3 N–H and O–H groups in total. The van der Waals surface area contributed by atoms with Gasteiger partial charge in [-0.3, -0.25) is 0 Å². The SMILES string of the molecule is CCNn1c(Nc2c[nH]c3c(F)cc(F)cc23)nc2cc(C(F)(F)F)ccc21. The van der Waals surface area contributed by atoms with E-state index in [1.54, 1.807) is 0 Å². The molecule has 0 saturated heterocycles. The van der Waals surface area contributed by atoms with Crippen molar-refractivity contribution in [1.82, 2.24) is 14.6 Å². The van der Waals surface area contributed by atoms with Crippen molar-refractivity contribution in [2.24, 2.45) is 0 Å². The molecule has 0 bridgehead atoms. The molecule has 4 aromatic rings. The van der Waals surface area contributed by atoms with Gasteiger partial charge in [-0.2, -0.15) is 13.2 Å². The minimum atomic E-state index is -4.49. The molecule has 0 spiro atoms. The second-order valence-electron chi connectivity index (χ2n) is 6.12. The van der Waals surface area contributed by atoms with E-state index in [2.05, 4.69) is 20.7 Å². The van der Waals surface area contributed by atoms with Crippen LogP contribution in [-0.4, -0.2) is 21.2 Å². The molecule has 0 aliphatic carbocycles. The van der Waals surface area contributed by atoms with E-state index in [0.717, 1.165) is 24.3 Å². The molecule has 0 radical (unpaired) electrons. The van der Waals surface area contributed by atoms with Crippen molar-refractivity contribution < 1.29 is 22.0 Å². The Labute approximate surface area is 155 Å². The molecule has 0 unspecified atom stereocenters. The molecule has 146 valence electrons. The van der Waals surface area contributed by atoms with Gasteiger partial charge < -0.3 is 15.7 Å². The van der Waals surface area contributed by atoms with Crippen molar-refractivity contribution in [3.63, 3.8) is 0 Å². The first kappa shape index (κ1) is 18.1. The fourth-order valence-corrected chi connectivity index (χ4v) is 3.04. The maximum atomic E-state index is 13.9. The number of anilines is 2. The Hall–Kier alpha value is -3.30. The van der Waals surface area contributed by atoms with Gasteiger partial charge in [0, 0.05) is 24.2 Å². The lowest BCUT2D eigenvalue weighted by molar-refractivity contribution is -0.137. The maximum Gasteiger partial charge on any atom is 0.416 e. The van der Waals surface area contributed by atoms with Gasteiger partial charge in [-0.25, -0.2) is 18.4 Å². The summed E-state index contributed by atoms with van der Waals surface area (Å²) in [5, 5.41) is 3.18. The highest BCUT2D eigenvalue weighted by Crippen LogP contribution is 2.33. The zero-order chi connectivity index (χ0) is 20.1. The Morgan fingerprint density at radius 1 is 1.14 bits per heavy atom. The average molecular weight is 395 g/mol. The number of H-pyrrole nitrogens is 1. The van der Waals surface area contributed by atoms with E-state index in [-0.39, 0.29) is 22.4 Å². The largest absolute Gasteiger partial charge is 0.416 e. The van der Waals surface area contributed by atoms with Crippen LogP contribution in [0.2, 0.25) is 0 Å². The lowest BCUT2D eigenvalue weighted by Crippen LogP contribution is -2.16. The molecule has 0 aliphatic heterocycles. The zero-order valence-corrected chi connectivity index (χ0v) is 14.5. The molecule has 0 saturated carbocycles. The third-order valence-electron chi connectivity index (χ3n) is 4.25. The van der Waals surface area contributed by atoms with Crippen LogP contribution >= 0.6 is 0 Å². The van der Waals surface area contributed by atoms with Crippen LogP contribution in [0.4, 0.5) is 33.6 Å². The Bertz CT molecular complexity index is 1170. The first-order valence-corrected chi connectivity index (χ1v) is 8.34. The van der Waals surface area contributed by atoms with Crippen LogP contribution in [0.15, 0.2) is 36.5 Å². The number of nitrogens with one attached hydrogen (secondary N) is 3. The molecular formula is C18H14F5N5. The number of imidazole rings is 1. The average Bonchev–Trinajstić information content (AvgIpc) is 3.16. The molecule has 0 amide bonds. The number of nitrogens with zero attached hydrogens (tertiary/aromatic N) is 2. The highest BCUT2D eigenvalue weighted by molar-refractivity contribution is 5.94. The topological polar surface area (TPSA) is 57.7 Å². The van der Waals surface area contributed by atoms with Crippen LogP contribution in [0.5, 0.6) is 0 Å². The number of halogens is 5. The summed E-state index contributed by atoms with van der Waals surface area (Å²) in [6, 6.07) is 5.14. The summed E-state index contributed by atoms with van der Waals surface area (Å²) in [6.07, 6.45) is -3.06. The Morgan fingerprint density at radius 3 is 2.64 bits per heavy atom. The second-order valence-corrected chi connectivity index (χ2v) is 6.12. The summed E-state index contributed by atoms with van der Waals surface area (Å²) in [7, 11) is 0. The van der Waals surface area contributed by atoms with E-state index < -0.39 is 23.4 Å². The molecular weight excluding hydrogens is 381 g/mol. The summed E-state index contributed by atoms with van der Waals surface area (Å²) in [5.74, 6) is -1.32. The van der Waals surface area contributed by atoms with Gasteiger partial charge in [0.1, 0.15) is 11.6 Å². The van der Waals surface area contributed by atoms with Crippen molar-refractivity contribution in [3.05, 3.63) is 53.7 Å². The summed E-state index contributed by atoms with van der Waals surface area (Å²) >= 11 is 0. The van der Waals surface area contributed by atoms with Crippen molar-refractivity contribution >= 4 is 33.6 Å². The van der Waals surface area contributed by atoms with Gasteiger partial charge in [-0.05, 0) is 31.2 Å². The van der Waals surface area contributed by atoms with Gasteiger partial charge in [0.05, 0.1) is 27.8 Å². The van der Waals surface area contributed by atoms with Crippen molar-refractivity contribution in [1.29, 1.82) is 0 Å². The van der Waals surface area contributed by atoms with E-state index >= 15 is 0 Å². The van der Waals surface area contributed by atoms with Gasteiger partial charge in [-0.15, -0.1) is 0 Å². The molecule has 10 heteroatoms. The smallest absolute Gasteiger partial charge is 0.357 e. The standard InChI is InChI=1S/C18H14F5N5/c1-2-25-28-15-4-3-9(18(21,22)23)5-13(15)26-17(28)27-14-8-24-16-11(14)6-10(19)7-12(16)20/h3-8,24-25H,2H2,1H3,(H,26,27). The molecule has 5 nitrogen and oxygen atoms in total. The van der Waals surface area contributed by atoms with Crippen molar-refractivity contribution in [2.45, 2.75) is 13.1 Å². The first-order chi connectivity index (χ1) is 13.3. The summed E-state index contributed by atoms with van der Waals surface area (Å²) < 4.78 is 67.9. The van der Waals surface area contributed by atoms with Crippen molar-refractivity contribution in [3.8, 4) is 0 Å². The molecule has 2 aromatic carbocycles. The van der Waals surface area contributed by atoms with Gasteiger partial charge in [-0.1, -0.05) is 0 Å². The van der Waals surface area contributed by atoms with E-state index in [1.807, 2.05) is 6.92 Å². The Balaban J connectivity index is 1.83. The number of alkyl halides is 3. The number of hydrogen-bond acceptors (Lipinski definition) is 3. The Morgan fingerprint density at radius 2 is 1.93 bits per heavy atom. The van der Waals surface area contributed by atoms with Gasteiger partial charge in [0.15, 0.2) is 0 Å². The molecule has 28 heavy (non-hydrogen) atoms. The van der Waals surface area contributed by atoms with Crippen molar-refractivity contribution in [2.75, 3.05) is 17.3 Å². The van der Waals surface area contributed by atoms with Gasteiger partial charge >= 0.3 is 6.18 Å². The monoisotopic (exact) mass is 395 g/mol. The number of aromatic amines is 1. The number of rotatable bonds is 4. The molecule has 4 rings (SSSR count). The quantitative estimate of drug-likeness (QED) is 0.421. The molecule has 0 atom stereocenters. The van der Waals surface area contributed by atoms with Crippen LogP contribution in [-0.2, 0) is 6.18 Å². The number of hydrogen-bond donors (Lipinski definition) is 3. The predicted octanol–water partition coefficient (Wildman–Crippen LogP) is 5.12. The third kappa shape index (κ3) is 3.00. The van der Waals surface area contributed by atoms with Crippen LogP contribution in [0.1, 0.15) is 12.5 Å². The van der Waals surface area contributed by atoms with Gasteiger partial charge in [0.25, 0.3) is 0 Å². The molecule has 0 fully saturated rings. The van der Waals surface area contributed by atoms with E-state index in [0.29, 0.717) is 17.7 Å². The normalized spacial score (nSPS) is 12.1. The van der Waals surface area contributed by atoms with Crippen LogP contribution in [0, 0.1) is 11.6 Å². The molecule has 2 aromatic heterocycles. The van der Waals surface area contributed by atoms with E-state index in [4.69, 9.17) is 0 Å².